The van der Waals surface area contributed by atoms with E-state index in [1.807, 2.05) is 0 Å². The van der Waals surface area contributed by atoms with Crippen LogP contribution in [0.15, 0.2) is 42.0 Å². The summed E-state index contributed by atoms with van der Waals surface area (Å²) in [6.07, 6.45) is -3.90. The summed E-state index contributed by atoms with van der Waals surface area (Å²) in [6, 6.07) is 4.47. The van der Waals surface area contributed by atoms with Crippen LogP contribution in [0.25, 0.3) is 0 Å². The maximum atomic E-state index is 13.8. The zero-order chi connectivity index (χ0) is 15.0. The normalized spacial score (nSPS) is 15.9. The average Bonchev–Trinajstić information content (AvgIpc) is 2.91. The third-order valence-corrected chi connectivity index (χ3v) is 3.75. The van der Waals surface area contributed by atoms with Crippen molar-refractivity contribution in [2.45, 2.75) is 17.7 Å². The van der Waals surface area contributed by atoms with Gasteiger partial charge in [-0.3, -0.25) is 4.98 Å². The molecule has 0 aromatic carbocycles. The van der Waals surface area contributed by atoms with E-state index in [2.05, 4.69) is 4.98 Å². The fourth-order valence-corrected chi connectivity index (χ4v) is 2.62. The summed E-state index contributed by atoms with van der Waals surface area (Å²) < 4.78 is 65.7. The number of rotatable bonds is 3. The molecule has 0 saturated carbocycles. The molecule has 0 aliphatic rings. The molecule has 8 heteroatoms. The molecule has 108 valence electrons. The van der Waals surface area contributed by atoms with E-state index in [4.69, 9.17) is 0 Å². The number of alkyl halides is 5. The number of halogens is 5. The molecule has 2 aromatic rings. The van der Waals surface area contributed by atoms with Crippen LogP contribution < -0.4 is 0 Å². The summed E-state index contributed by atoms with van der Waals surface area (Å²) in [7, 11) is 0. The highest BCUT2D eigenvalue weighted by Gasteiger charge is 2.71. The van der Waals surface area contributed by atoms with E-state index < -0.39 is 28.1 Å². The fraction of sp³-hybridized carbons (Fsp3) is 0.250. The maximum absolute atomic E-state index is 13.8. The van der Waals surface area contributed by atoms with Gasteiger partial charge in [-0.15, -0.1) is 11.3 Å². The predicted octanol–water partition coefficient (Wildman–Crippen LogP) is 3.58. The highest BCUT2D eigenvalue weighted by Crippen LogP contribution is 2.52. The molecule has 0 amide bonds. The number of hydrogen-bond acceptors (Lipinski definition) is 3. The molecule has 0 aliphatic carbocycles. The van der Waals surface area contributed by atoms with Crippen molar-refractivity contribution >= 4 is 11.3 Å². The molecule has 2 heterocycles. The molecule has 0 spiro atoms. The largest absolute Gasteiger partial charge is 0.457 e. The van der Waals surface area contributed by atoms with E-state index in [1.54, 1.807) is 0 Å². The second-order valence-electron chi connectivity index (χ2n) is 4.00. The highest BCUT2D eigenvalue weighted by molar-refractivity contribution is 7.10. The second kappa shape index (κ2) is 4.78. The number of nitrogens with zero attached hydrogens (tertiary/aromatic N) is 1. The zero-order valence-corrected chi connectivity index (χ0v) is 10.6. The third kappa shape index (κ3) is 2.08. The minimum atomic E-state index is -5.90. The van der Waals surface area contributed by atoms with Crippen LogP contribution in [-0.4, -0.2) is 22.2 Å². The quantitative estimate of drug-likeness (QED) is 0.879. The lowest BCUT2D eigenvalue weighted by Crippen LogP contribution is -2.55. The van der Waals surface area contributed by atoms with E-state index >= 15 is 0 Å². The van der Waals surface area contributed by atoms with Gasteiger partial charge in [-0.05, 0) is 17.5 Å². The van der Waals surface area contributed by atoms with Gasteiger partial charge < -0.3 is 5.11 Å². The molecular formula is C12H8F5NOS. The van der Waals surface area contributed by atoms with Crippen LogP contribution >= 0.6 is 11.3 Å². The van der Waals surface area contributed by atoms with E-state index in [-0.39, 0.29) is 0 Å². The van der Waals surface area contributed by atoms with Crippen LogP contribution in [0.2, 0.25) is 0 Å². The minimum Gasteiger partial charge on any atom is -0.373 e. The molecule has 2 rings (SSSR count). The average molecular weight is 309 g/mol. The molecule has 0 radical (unpaired) electrons. The Bertz CT molecular complexity index is 569. The van der Waals surface area contributed by atoms with E-state index in [1.165, 1.54) is 23.7 Å². The SMILES string of the molecule is OC(c1cccnc1)(c1cccs1)C(F)(F)C(F)(F)F. The molecule has 0 aliphatic heterocycles. The van der Waals surface area contributed by atoms with Crippen LogP contribution in [0, 0.1) is 0 Å². The van der Waals surface area contributed by atoms with Crippen LogP contribution in [0.1, 0.15) is 10.4 Å². The van der Waals surface area contributed by atoms with Gasteiger partial charge in [0.1, 0.15) is 0 Å². The van der Waals surface area contributed by atoms with Crippen LogP contribution in [0.3, 0.4) is 0 Å². The Labute approximate surface area is 114 Å². The molecule has 0 saturated heterocycles. The lowest BCUT2D eigenvalue weighted by molar-refractivity contribution is -0.336. The van der Waals surface area contributed by atoms with Crippen molar-refractivity contribution in [3.8, 4) is 0 Å². The Hall–Kier alpha value is -1.54. The fourth-order valence-electron chi connectivity index (χ4n) is 1.74. The molecule has 0 bridgehead atoms. The Kier molecular flexibility index (Phi) is 3.55. The molecule has 1 atom stereocenters. The standard InChI is InChI=1S/C12H8F5NOS/c13-11(14,12(15,16)17)10(19,9-4-2-6-20-9)8-3-1-5-18-7-8/h1-7,19H. The number of hydrogen-bond donors (Lipinski definition) is 1. The Morgan fingerprint density at radius 1 is 1.05 bits per heavy atom. The summed E-state index contributed by atoms with van der Waals surface area (Å²) in [5.41, 5.74) is -4.13. The third-order valence-electron chi connectivity index (χ3n) is 2.77. The summed E-state index contributed by atoms with van der Waals surface area (Å²) in [5, 5.41) is 11.5. The van der Waals surface area contributed by atoms with Gasteiger partial charge in [0.2, 0.25) is 0 Å². The monoisotopic (exact) mass is 309 g/mol. The highest BCUT2D eigenvalue weighted by atomic mass is 32.1. The summed E-state index contributed by atoms with van der Waals surface area (Å²) >= 11 is 0.610. The lowest BCUT2D eigenvalue weighted by Gasteiger charge is -2.36. The number of aliphatic hydroxyl groups is 1. The van der Waals surface area contributed by atoms with Gasteiger partial charge in [0.25, 0.3) is 0 Å². The molecule has 0 fully saturated rings. The first kappa shape index (κ1) is 14.9. The maximum Gasteiger partial charge on any atom is 0.457 e. The van der Waals surface area contributed by atoms with Gasteiger partial charge >= 0.3 is 12.1 Å². The van der Waals surface area contributed by atoms with Crippen molar-refractivity contribution < 1.29 is 27.1 Å². The van der Waals surface area contributed by atoms with Crippen molar-refractivity contribution in [1.82, 2.24) is 4.98 Å². The van der Waals surface area contributed by atoms with E-state index in [9.17, 15) is 27.1 Å². The Balaban J connectivity index is 2.69. The van der Waals surface area contributed by atoms with Crippen molar-refractivity contribution in [3.63, 3.8) is 0 Å². The second-order valence-corrected chi connectivity index (χ2v) is 4.95. The molecule has 20 heavy (non-hydrogen) atoms. The molecule has 2 nitrogen and oxygen atoms in total. The van der Waals surface area contributed by atoms with Crippen LogP contribution in [0.5, 0.6) is 0 Å². The first-order valence-corrected chi connectivity index (χ1v) is 6.20. The summed E-state index contributed by atoms with van der Waals surface area (Å²) in [6.45, 7) is 0. The first-order valence-electron chi connectivity index (χ1n) is 5.32. The molecule has 2 aromatic heterocycles. The van der Waals surface area contributed by atoms with Gasteiger partial charge in [0, 0.05) is 22.8 Å². The lowest BCUT2D eigenvalue weighted by atomic mass is 9.86. The smallest absolute Gasteiger partial charge is 0.373 e. The first-order chi connectivity index (χ1) is 9.21. The molecular weight excluding hydrogens is 301 g/mol. The minimum absolute atomic E-state index is 0.507. The van der Waals surface area contributed by atoms with Crippen molar-refractivity contribution in [2.75, 3.05) is 0 Å². The topological polar surface area (TPSA) is 33.1 Å². The van der Waals surface area contributed by atoms with E-state index in [0.717, 1.165) is 18.3 Å². The van der Waals surface area contributed by atoms with Crippen molar-refractivity contribution in [1.29, 1.82) is 0 Å². The summed E-state index contributed by atoms with van der Waals surface area (Å²) in [4.78, 5) is 2.99. The van der Waals surface area contributed by atoms with Crippen molar-refractivity contribution in [2.24, 2.45) is 0 Å². The van der Waals surface area contributed by atoms with Gasteiger partial charge in [0.05, 0.1) is 0 Å². The Morgan fingerprint density at radius 3 is 2.20 bits per heavy atom. The predicted molar refractivity (Wildman–Crippen MR) is 62.6 cm³/mol. The van der Waals surface area contributed by atoms with Gasteiger partial charge in [-0.25, -0.2) is 0 Å². The summed E-state index contributed by atoms with van der Waals surface area (Å²) in [5.74, 6) is -5.35. The number of pyridine rings is 1. The molecule has 1 N–H and O–H groups in total. The number of thiophene rings is 1. The van der Waals surface area contributed by atoms with Crippen LogP contribution in [-0.2, 0) is 5.60 Å². The van der Waals surface area contributed by atoms with E-state index in [0.29, 0.717) is 11.3 Å². The van der Waals surface area contributed by atoms with Gasteiger partial charge in [0.15, 0.2) is 5.60 Å². The zero-order valence-electron chi connectivity index (χ0n) is 9.73. The van der Waals surface area contributed by atoms with Gasteiger partial charge in [-0.2, -0.15) is 22.0 Å². The Morgan fingerprint density at radius 2 is 1.75 bits per heavy atom. The van der Waals surface area contributed by atoms with Gasteiger partial charge in [-0.1, -0.05) is 12.1 Å². The van der Waals surface area contributed by atoms with Crippen LogP contribution in [0.4, 0.5) is 22.0 Å². The molecule has 1 unspecified atom stereocenters. The number of aromatic nitrogens is 1. The van der Waals surface area contributed by atoms with Crippen molar-refractivity contribution in [3.05, 3.63) is 52.5 Å².